The van der Waals surface area contributed by atoms with Crippen molar-refractivity contribution in [1.82, 2.24) is 19.7 Å². The SMILES string of the molecule is CCCc1nn(C)c2c(=O)[nH]c(-c3cc(C4CCC4)ccc3OCC)nc12. The largest absolute Gasteiger partial charge is 0.493 e. The minimum absolute atomic E-state index is 0.163. The first-order valence-electron chi connectivity index (χ1n) is 9.85. The zero-order valence-electron chi connectivity index (χ0n) is 16.2. The molecule has 0 bridgehead atoms. The summed E-state index contributed by atoms with van der Waals surface area (Å²) in [4.78, 5) is 20.5. The van der Waals surface area contributed by atoms with Crippen molar-refractivity contribution in [1.29, 1.82) is 0 Å². The monoisotopic (exact) mass is 366 g/mol. The molecular formula is C21H26N4O2. The van der Waals surface area contributed by atoms with Crippen LogP contribution in [0.5, 0.6) is 5.75 Å². The average molecular weight is 366 g/mol. The normalized spacial score (nSPS) is 14.5. The van der Waals surface area contributed by atoms with E-state index in [2.05, 4.69) is 29.1 Å². The molecule has 1 saturated carbocycles. The maximum atomic E-state index is 12.8. The predicted molar refractivity (Wildman–Crippen MR) is 106 cm³/mol. The molecule has 1 aliphatic carbocycles. The van der Waals surface area contributed by atoms with Crippen LogP contribution in [0.25, 0.3) is 22.4 Å². The lowest BCUT2D eigenvalue weighted by Crippen LogP contribution is -2.13. The second-order valence-corrected chi connectivity index (χ2v) is 7.25. The van der Waals surface area contributed by atoms with Gasteiger partial charge in [0.1, 0.15) is 17.1 Å². The highest BCUT2D eigenvalue weighted by molar-refractivity contribution is 5.79. The van der Waals surface area contributed by atoms with Gasteiger partial charge in [0.15, 0.2) is 5.52 Å². The topological polar surface area (TPSA) is 72.8 Å². The van der Waals surface area contributed by atoms with Gasteiger partial charge in [0.2, 0.25) is 0 Å². The van der Waals surface area contributed by atoms with Crippen LogP contribution in [-0.4, -0.2) is 26.4 Å². The summed E-state index contributed by atoms with van der Waals surface area (Å²) in [5.74, 6) is 1.91. The van der Waals surface area contributed by atoms with Gasteiger partial charge in [-0.3, -0.25) is 9.48 Å². The Morgan fingerprint density at radius 3 is 2.78 bits per heavy atom. The van der Waals surface area contributed by atoms with Crippen molar-refractivity contribution in [3.63, 3.8) is 0 Å². The molecule has 2 heterocycles. The van der Waals surface area contributed by atoms with E-state index >= 15 is 0 Å². The first-order chi connectivity index (χ1) is 13.1. The van der Waals surface area contributed by atoms with Gasteiger partial charge < -0.3 is 9.72 Å². The number of fused-ring (bicyclic) bond motifs is 1. The van der Waals surface area contributed by atoms with E-state index in [9.17, 15) is 4.79 Å². The zero-order chi connectivity index (χ0) is 19.0. The van der Waals surface area contributed by atoms with E-state index in [0.717, 1.165) is 29.8 Å². The van der Waals surface area contributed by atoms with Crippen LogP contribution in [0.1, 0.15) is 56.7 Å². The highest BCUT2D eigenvalue weighted by Crippen LogP contribution is 2.39. The molecule has 2 aromatic heterocycles. The maximum absolute atomic E-state index is 12.8. The predicted octanol–water partition coefficient (Wildman–Crippen LogP) is 3.94. The smallest absolute Gasteiger partial charge is 0.277 e. The van der Waals surface area contributed by atoms with Crippen LogP contribution < -0.4 is 10.3 Å². The Morgan fingerprint density at radius 2 is 2.11 bits per heavy atom. The maximum Gasteiger partial charge on any atom is 0.277 e. The lowest BCUT2D eigenvalue weighted by molar-refractivity contribution is 0.341. The van der Waals surface area contributed by atoms with Crippen LogP contribution in [0.3, 0.4) is 0 Å². The summed E-state index contributed by atoms with van der Waals surface area (Å²) in [6.07, 6.45) is 5.48. The fraction of sp³-hybridized carbons (Fsp3) is 0.476. The summed E-state index contributed by atoms with van der Waals surface area (Å²) in [6.45, 7) is 4.63. The zero-order valence-corrected chi connectivity index (χ0v) is 16.2. The third-order valence-corrected chi connectivity index (χ3v) is 5.38. The molecule has 4 rings (SSSR count). The van der Waals surface area contributed by atoms with Gasteiger partial charge in [0.05, 0.1) is 17.9 Å². The minimum atomic E-state index is -0.163. The van der Waals surface area contributed by atoms with E-state index in [4.69, 9.17) is 9.72 Å². The molecule has 0 saturated heterocycles. The molecule has 1 aliphatic rings. The number of benzene rings is 1. The Labute approximate surface area is 158 Å². The van der Waals surface area contributed by atoms with E-state index in [1.807, 2.05) is 13.0 Å². The fourth-order valence-electron chi connectivity index (χ4n) is 3.79. The van der Waals surface area contributed by atoms with Gasteiger partial charge in [-0.25, -0.2) is 4.98 Å². The quantitative estimate of drug-likeness (QED) is 0.717. The number of ether oxygens (including phenoxy) is 1. The number of hydrogen-bond donors (Lipinski definition) is 1. The first kappa shape index (κ1) is 17.8. The van der Waals surface area contributed by atoms with E-state index in [1.165, 1.54) is 24.8 Å². The van der Waals surface area contributed by atoms with Gasteiger partial charge in [0.25, 0.3) is 5.56 Å². The summed E-state index contributed by atoms with van der Waals surface area (Å²) in [5, 5.41) is 4.50. The Bertz CT molecular complexity index is 1030. The summed E-state index contributed by atoms with van der Waals surface area (Å²) in [5.41, 5.74) is 4.07. The van der Waals surface area contributed by atoms with Crippen LogP contribution in [0.4, 0.5) is 0 Å². The number of aryl methyl sites for hydroxylation is 2. The summed E-state index contributed by atoms with van der Waals surface area (Å²) >= 11 is 0. The average Bonchev–Trinajstić information content (AvgIpc) is 2.91. The van der Waals surface area contributed by atoms with Gasteiger partial charge in [0, 0.05) is 7.05 Å². The van der Waals surface area contributed by atoms with Gasteiger partial charge in [-0.15, -0.1) is 0 Å². The summed E-state index contributed by atoms with van der Waals surface area (Å²) < 4.78 is 7.46. The minimum Gasteiger partial charge on any atom is -0.493 e. The highest BCUT2D eigenvalue weighted by Gasteiger charge is 2.22. The van der Waals surface area contributed by atoms with Crippen LogP contribution >= 0.6 is 0 Å². The lowest BCUT2D eigenvalue weighted by Gasteiger charge is -2.26. The second-order valence-electron chi connectivity index (χ2n) is 7.25. The molecule has 0 aliphatic heterocycles. The van der Waals surface area contributed by atoms with Gasteiger partial charge in [-0.2, -0.15) is 5.10 Å². The van der Waals surface area contributed by atoms with E-state index in [1.54, 1.807) is 11.7 Å². The van der Waals surface area contributed by atoms with Crippen LogP contribution in [0.2, 0.25) is 0 Å². The molecule has 0 amide bonds. The van der Waals surface area contributed by atoms with Crippen LogP contribution in [0.15, 0.2) is 23.0 Å². The molecule has 0 radical (unpaired) electrons. The van der Waals surface area contributed by atoms with Crippen molar-refractivity contribution in [2.24, 2.45) is 7.05 Å². The third kappa shape index (κ3) is 3.13. The summed E-state index contributed by atoms with van der Waals surface area (Å²) in [7, 11) is 1.79. The Hall–Kier alpha value is -2.63. The number of hydrogen-bond acceptors (Lipinski definition) is 4. The van der Waals surface area contributed by atoms with Gasteiger partial charge >= 0.3 is 0 Å². The molecule has 0 atom stereocenters. The lowest BCUT2D eigenvalue weighted by atomic mass is 9.79. The van der Waals surface area contributed by atoms with Crippen molar-refractivity contribution in [2.75, 3.05) is 6.61 Å². The molecule has 1 fully saturated rings. The molecule has 0 unspecified atom stereocenters. The molecule has 0 spiro atoms. The Kier molecular flexibility index (Phi) is 4.72. The Balaban J connectivity index is 1.90. The molecule has 142 valence electrons. The molecule has 6 heteroatoms. The Morgan fingerprint density at radius 1 is 1.30 bits per heavy atom. The second kappa shape index (κ2) is 7.18. The number of nitrogens with zero attached hydrogens (tertiary/aromatic N) is 3. The standard InChI is InChI=1S/C21H26N4O2/c1-4-7-16-18-19(25(3)24-16)21(26)23-20(22-18)15-12-14(13-8-6-9-13)10-11-17(15)27-5-2/h10-13H,4-9H2,1-3H3,(H,22,23,26). The van der Waals surface area contributed by atoms with Crippen molar-refractivity contribution in [2.45, 2.75) is 51.9 Å². The number of aromatic nitrogens is 4. The molecule has 6 nitrogen and oxygen atoms in total. The molecule has 3 aromatic rings. The first-order valence-corrected chi connectivity index (χ1v) is 9.85. The van der Waals surface area contributed by atoms with Crippen molar-refractivity contribution in [3.8, 4) is 17.1 Å². The van der Waals surface area contributed by atoms with Gasteiger partial charge in [-0.1, -0.05) is 25.8 Å². The molecule has 1 aromatic carbocycles. The van der Waals surface area contributed by atoms with Crippen LogP contribution in [0, 0.1) is 0 Å². The number of rotatable bonds is 6. The molecule has 27 heavy (non-hydrogen) atoms. The fourth-order valence-corrected chi connectivity index (χ4v) is 3.79. The van der Waals surface area contributed by atoms with Crippen molar-refractivity contribution in [3.05, 3.63) is 39.8 Å². The highest BCUT2D eigenvalue weighted by atomic mass is 16.5. The third-order valence-electron chi connectivity index (χ3n) is 5.38. The summed E-state index contributed by atoms with van der Waals surface area (Å²) in [6, 6.07) is 6.28. The van der Waals surface area contributed by atoms with Gasteiger partial charge in [-0.05, 0) is 49.8 Å². The van der Waals surface area contributed by atoms with E-state index in [0.29, 0.717) is 29.4 Å². The van der Waals surface area contributed by atoms with Crippen molar-refractivity contribution >= 4 is 11.0 Å². The molecule has 1 N–H and O–H groups in total. The molecular weight excluding hydrogens is 340 g/mol. The number of aromatic amines is 1. The van der Waals surface area contributed by atoms with E-state index < -0.39 is 0 Å². The number of nitrogens with one attached hydrogen (secondary N) is 1. The van der Waals surface area contributed by atoms with E-state index in [-0.39, 0.29) is 5.56 Å². The van der Waals surface area contributed by atoms with Crippen LogP contribution in [-0.2, 0) is 13.5 Å². The number of H-pyrrole nitrogens is 1. The van der Waals surface area contributed by atoms with Crippen molar-refractivity contribution < 1.29 is 4.74 Å².